The van der Waals surface area contributed by atoms with E-state index >= 15 is 0 Å². The second-order valence-electron chi connectivity index (χ2n) is 7.65. The van der Waals surface area contributed by atoms with Crippen molar-refractivity contribution in [1.82, 2.24) is 9.62 Å². The second-order valence-corrected chi connectivity index (χ2v) is 9.59. The molecule has 0 unspecified atom stereocenters. The van der Waals surface area contributed by atoms with Crippen LogP contribution in [-0.4, -0.2) is 51.0 Å². The fraction of sp³-hybridized carbons (Fsp3) is 0.409. The lowest BCUT2D eigenvalue weighted by Crippen LogP contribution is -2.41. The molecular weight excluding hydrogens is 404 g/mol. The summed E-state index contributed by atoms with van der Waals surface area (Å²) in [6, 6.07) is 12.1. The van der Waals surface area contributed by atoms with Crippen LogP contribution in [0.15, 0.2) is 47.4 Å². The van der Waals surface area contributed by atoms with Crippen LogP contribution in [0.25, 0.3) is 0 Å². The molecule has 2 aliphatic rings. The smallest absolute Gasteiger partial charge is 0.251 e. The number of fused-ring (bicyclic) bond motifs is 1. The number of nitrogens with one attached hydrogen (secondary N) is 1. The van der Waals surface area contributed by atoms with Gasteiger partial charge in [-0.2, -0.15) is 4.31 Å². The van der Waals surface area contributed by atoms with Crippen LogP contribution in [0.4, 0.5) is 0 Å². The van der Waals surface area contributed by atoms with E-state index in [1.54, 1.807) is 19.1 Å². The summed E-state index contributed by atoms with van der Waals surface area (Å²) in [5, 5.41) is 2.85. The summed E-state index contributed by atoms with van der Waals surface area (Å²) >= 11 is 0. The minimum Gasteiger partial charge on any atom is -0.486 e. The van der Waals surface area contributed by atoms with Crippen molar-refractivity contribution in [2.24, 2.45) is 0 Å². The van der Waals surface area contributed by atoms with E-state index in [9.17, 15) is 13.2 Å². The highest BCUT2D eigenvalue weighted by Gasteiger charge is 2.27. The van der Waals surface area contributed by atoms with Crippen LogP contribution < -0.4 is 14.8 Å². The van der Waals surface area contributed by atoms with Crippen LogP contribution in [0.5, 0.6) is 11.5 Å². The third kappa shape index (κ3) is 4.29. The maximum Gasteiger partial charge on any atom is 0.251 e. The maximum absolute atomic E-state index is 13.0. The number of aryl methyl sites for hydroxylation is 1. The highest BCUT2D eigenvalue weighted by molar-refractivity contribution is 7.89. The molecule has 0 spiro atoms. The Kier molecular flexibility index (Phi) is 5.97. The number of sulfonamides is 1. The van der Waals surface area contributed by atoms with Gasteiger partial charge in [0.15, 0.2) is 11.5 Å². The van der Waals surface area contributed by atoms with Gasteiger partial charge < -0.3 is 14.8 Å². The first-order chi connectivity index (χ1) is 14.4. The molecule has 8 heteroatoms. The molecule has 0 aromatic heterocycles. The number of carbonyl (C=O) groups excluding carboxylic acids is 1. The van der Waals surface area contributed by atoms with E-state index in [1.165, 1.54) is 10.4 Å². The minimum absolute atomic E-state index is 0.159. The molecule has 2 heterocycles. The van der Waals surface area contributed by atoms with Crippen molar-refractivity contribution in [3.63, 3.8) is 0 Å². The number of carbonyl (C=O) groups is 1. The van der Waals surface area contributed by atoms with E-state index in [0.29, 0.717) is 36.8 Å². The molecular formula is C22H26N2O5S. The van der Waals surface area contributed by atoms with Crippen molar-refractivity contribution in [2.75, 3.05) is 26.2 Å². The number of hydrogen-bond acceptors (Lipinski definition) is 5. The molecule has 0 aliphatic carbocycles. The van der Waals surface area contributed by atoms with Gasteiger partial charge in [-0.05, 0) is 49.6 Å². The van der Waals surface area contributed by atoms with Crippen molar-refractivity contribution in [2.45, 2.75) is 37.2 Å². The quantitative estimate of drug-likeness (QED) is 0.789. The predicted molar refractivity (Wildman–Crippen MR) is 112 cm³/mol. The van der Waals surface area contributed by atoms with Crippen molar-refractivity contribution in [3.05, 3.63) is 53.6 Å². The molecule has 2 aromatic carbocycles. The number of piperidine rings is 1. The monoisotopic (exact) mass is 430 g/mol. The topological polar surface area (TPSA) is 84.9 Å². The number of nitrogens with zero attached hydrogens (tertiary/aromatic N) is 1. The molecule has 1 amide bonds. The Labute approximate surface area is 177 Å². The molecule has 2 aromatic rings. The van der Waals surface area contributed by atoms with Crippen LogP contribution in [0, 0.1) is 6.92 Å². The molecule has 7 nitrogen and oxygen atoms in total. The van der Waals surface area contributed by atoms with Crippen molar-refractivity contribution >= 4 is 15.9 Å². The van der Waals surface area contributed by atoms with Gasteiger partial charge in [-0.1, -0.05) is 24.6 Å². The van der Waals surface area contributed by atoms with E-state index in [2.05, 4.69) is 5.32 Å². The normalized spacial score (nSPS) is 19.3. The first-order valence-electron chi connectivity index (χ1n) is 10.2. The summed E-state index contributed by atoms with van der Waals surface area (Å²) in [6.45, 7) is 3.44. The number of rotatable bonds is 5. The van der Waals surface area contributed by atoms with Crippen LogP contribution in [-0.2, 0) is 10.0 Å². The summed E-state index contributed by atoms with van der Waals surface area (Å²) in [5.74, 6) is 1.01. The summed E-state index contributed by atoms with van der Waals surface area (Å²) in [7, 11) is -3.60. The number of hydrogen-bond donors (Lipinski definition) is 1. The third-order valence-corrected chi connectivity index (χ3v) is 7.36. The Morgan fingerprint density at radius 3 is 2.60 bits per heavy atom. The highest BCUT2D eigenvalue weighted by Crippen LogP contribution is 2.30. The lowest BCUT2D eigenvalue weighted by Gasteiger charge is -2.27. The Balaban J connectivity index is 1.45. The van der Waals surface area contributed by atoms with Crippen molar-refractivity contribution < 1.29 is 22.7 Å². The molecule has 0 saturated carbocycles. The van der Waals surface area contributed by atoms with Gasteiger partial charge in [-0.15, -0.1) is 0 Å². The Bertz CT molecular complexity index is 1030. The van der Waals surface area contributed by atoms with E-state index in [4.69, 9.17) is 9.47 Å². The molecule has 2 aliphatic heterocycles. The van der Waals surface area contributed by atoms with Gasteiger partial charge in [-0.3, -0.25) is 4.79 Å². The van der Waals surface area contributed by atoms with Crippen LogP contribution in [0.1, 0.15) is 35.2 Å². The largest absolute Gasteiger partial charge is 0.486 e. The average molecular weight is 431 g/mol. The van der Waals surface area contributed by atoms with Crippen molar-refractivity contribution in [1.29, 1.82) is 0 Å². The van der Waals surface area contributed by atoms with E-state index in [-0.39, 0.29) is 23.5 Å². The van der Waals surface area contributed by atoms with Gasteiger partial charge in [-0.25, -0.2) is 8.42 Å². The molecule has 1 N–H and O–H groups in total. The van der Waals surface area contributed by atoms with Gasteiger partial charge >= 0.3 is 0 Å². The number of para-hydroxylation sites is 2. The van der Waals surface area contributed by atoms with Gasteiger partial charge in [0.25, 0.3) is 5.91 Å². The lowest BCUT2D eigenvalue weighted by molar-refractivity contribution is 0.0789. The lowest BCUT2D eigenvalue weighted by atomic mass is 10.1. The predicted octanol–water partition coefficient (Wildman–Crippen LogP) is 2.74. The minimum atomic E-state index is -3.60. The summed E-state index contributed by atoms with van der Waals surface area (Å²) in [4.78, 5) is 13.0. The number of amides is 1. The van der Waals surface area contributed by atoms with E-state index < -0.39 is 10.0 Å². The zero-order valence-electron chi connectivity index (χ0n) is 17.0. The zero-order valence-corrected chi connectivity index (χ0v) is 17.8. The fourth-order valence-electron chi connectivity index (χ4n) is 3.73. The Morgan fingerprint density at radius 1 is 1.10 bits per heavy atom. The summed E-state index contributed by atoms with van der Waals surface area (Å²) in [6.07, 6.45) is 2.46. The molecule has 1 atom stereocenters. The molecule has 160 valence electrons. The number of ether oxygens (including phenoxy) is 2. The fourth-order valence-corrected chi connectivity index (χ4v) is 5.27. The van der Waals surface area contributed by atoms with Crippen LogP contribution in [0.2, 0.25) is 0 Å². The maximum atomic E-state index is 13.0. The standard InChI is InChI=1S/C22H26N2O5S/c1-16-9-10-18(30(26,27)24-11-5-2-6-12-24)13-19(16)22(25)23-14-17-15-28-20-7-3-4-8-21(20)29-17/h3-4,7-10,13,17H,2,5-6,11-12,14-15H2,1H3,(H,23,25)/t17-/m0/s1. The Morgan fingerprint density at radius 2 is 1.83 bits per heavy atom. The van der Waals surface area contributed by atoms with Crippen LogP contribution in [0.3, 0.4) is 0 Å². The zero-order chi connectivity index (χ0) is 21.1. The van der Waals surface area contributed by atoms with Crippen molar-refractivity contribution in [3.8, 4) is 11.5 Å². The van der Waals surface area contributed by atoms with Gasteiger partial charge in [0.05, 0.1) is 11.4 Å². The highest BCUT2D eigenvalue weighted by atomic mass is 32.2. The molecule has 30 heavy (non-hydrogen) atoms. The first-order valence-corrected chi connectivity index (χ1v) is 11.7. The molecule has 4 rings (SSSR count). The number of benzene rings is 2. The van der Waals surface area contributed by atoms with Gasteiger partial charge in [0.1, 0.15) is 12.7 Å². The molecule has 0 bridgehead atoms. The first kappa shape index (κ1) is 20.7. The average Bonchev–Trinajstić information content (AvgIpc) is 2.78. The third-order valence-electron chi connectivity index (χ3n) is 5.46. The van der Waals surface area contributed by atoms with E-state index in [1.807, 2.05) is 24.3 Å². The van der Waals surface area contributed by atoms with Crippen LogP contribution >= 0.6 is 0 Å². The molecule has 0 radical (unpaired) electrons. The Hall–Kier alpha value is -2.58. The molecule has 1 saturated heterocycles. The van der Waals surface area contributed by atoms with Gasteiger partial charge in [0.2, 0.25) is 10.0 Å². The summed E-state index contributed by atoms with van der Waals surface area (Å²) < 4.78 is 38.9. The summed E-state index contributed by atoms with van der Waals surface area (Å²) in [5.41, 5.74) is 1.07. The SMILES string of the molecule is Cc1ccc(S(=O)(=O)N2CCCCC2)cc1C(=O)NC[C@H]1COc2ccccc2O1. The van der Waals surface area contributed by atoms with E-state index in [0.717, 1.165) is 24.8 Å². The molecule has 1 fully saturated rings. The van der Waals surface area contributed by atoms with Gasteiger partial charge in [0, 0.05) is 18.7 Å². The second kappa shape index (κ2) is 8.65.